The molecule has 0 aliphatic carbocycles. The van der Waals surface area contributed by atoms with E-state index in [4.69, 9.17) is 15.3 Å². The van der Waals surface area contributed by atoms with Gasteiger partial charge in [0.25, 0.3) is 5.91 Å². The summed E-state index contributed by atoms with van der Waals surface area (Å²) in [6.07, 6.45) is 0.597. The summed E-state index contributed by atoms with van der Waals surface area (Å²) < 4.78 is 4.70. The van der Waals surface area contributed by atoms with Crippen LogP contribution in [-0.2, 0) is 14.4 Å². The summed E-state index contributed by atoms with van der Waals surface area (Å²) in [6.45, 7) is 2.61. The number of amides is 1. The highest BCUT2D eigenvalue weighted by Gasteiger charge is 2.09. The first-order chi connectivity index (χ1) is 5.72. The predicted octanol–water partition coefficient (Wildman–Crippen LogP) is -0.582. The molecule has 0 fully saturated rings. The van der Waals surface area contributed by atoms with Crippen molar-refractivity contribution in [2.45, 2.75) is 19.4 Å². The number of hydrogen-bond acceptors (Lipinski definition) is 4. The van der Waals surface area contributed by atoms with Crippen LogP contribution in [0.25, 0.3) is 0 Å². The first-order valence-electron chi connectivity index (χ1n) is 3.88. The van der Waals surface area contributed by atoms with Crippen molar-refractivity contribution in [2.24, 2.45) is 5.73 Å². The number of nitrogens with one attached hydrogen (secondary N) is 1. The largest absolute Gasteiger partial charge is 0.382 e. The van der Waals surface area contributed by atoms with Crippen molar-refractivity contribution in [3.05, 3.63) is 0 Å². The number of nitrogens with two attached hydrogens (primary N) is 1. The van der Waals surface area contributed by atoms with Gasteiger partial charge >= 0.3 is 0 Å². The third kappa shape index (κ3) is 5.06. The highest BCUT2D eigenvalue weighted by molar-refractivity contribution is 5.80. The molecule has 0 aromatic heterocycles. The number of carbonyl (C=O) groups is 1. The van der Waals surface area contributed by atoms with E-state index in [0.717, 1.165) is 0 Å². The zero-order chi connectivity index (χ0) is 9.40. The number of rotatable bonds is 6. The Morgan fingerprint density at radius 1 is 1.58 bits per heavy atom. The van der Waals surface area contributed by atoms with E-state index >= 15 is 0 Å². The summed E-state index contributed by atoms with van der Waals surface area (Å²) in [7, 11) is 1.56. The molecule has 0 spiro atoms. The van der Waals surface area contributed by atoms with Crippen LogP contribution in [0.5, 0.6) is 0 Å². The maximum atomic E-state index is 10.9. The van der Waals surface area contributed by atoms with E-state index in [-0.39, 0.29) is 5.91 Å². The van der Waals surface area contributed by atoms with Gasteiger partial charge in [0.05, 0.1) is 19.3 Å². The van der Waals surface area contributed by atoms with Gasteiger partial charge in [0.15, 0.2) is 0 Å². The van der Waals surface area contributed by atoms with Gasteiger partial charge in [-0.25, -0.2) is 5.48 Å². The van der Waals surface area contributed by atoms with E-state index in [1.165, 1.54) is 0 Å². The molecule has 0 aliphatic heterocycles. The van der Waals surface area contributed by atoms with Crippen molar-refractivity contribution in [1.82, 2.24) is 5.48 Å². The number of ether oxygens (including phenoxy) is 1. The molecule has 0 heterocycles. The molecule has 72 valence electrons. The average molecular weight is 176 g/mol. The van der Waals surface area contributed by atoms with Crippen LogP contribution in [0.15, 0.2) is 0 Å². The predicted molar refractivity (Wildman–Crippen MR) is 44.2 cm³/mol. The third-order valence-electron chi connectivity index (χ3n) is 1.34. The first-order valence-corrected chi connectivity index (χ1v) is 3.88. The fourth-order valence-electron chi connectivity index (χ4n) is 0.508. The SMILES string of the molecule is CCC(N)C(=O)NOCCOC. The van der Waals surface area contributed by atoms with Crippen molar-refractivity contribution < 1.29 is 14.4 Å². The van der Waals surface area contributed by atoms with E-state index in [0.29, 0.717) is 19.6 Å². The summed E-state index contributed by atoms with van der Waals surface area (Å²) in [5.74, 6) is -0.298. The second kappa shape index (κ2) is 7.02. The van der Waals surface area contributed by atoms with Crippen molar-refractivity contribution in [3.8, 4) is 0 Å². The lowest BCUT2D eigenvalue weighted by atomic mass is 10.2. The summed E-state index contributed by atoms with van der Waals surface area (Å²) in [4.78, 5) is 15.7. The zero-order valence-corrected chi connectivity index (χ0v) is 7.50. The van der Waals surface area contributed by atoms with Gasteiger partial charge < -0.3 is 10.5 Å². The molecule has 1 unspecified atom stereocenters. The molecule has 0 radical (unpaired) electrons. The Balaban J connectivity index is 3.31. The fourth-order valence-corrected chi connectivity index (χ4v) is 0.508. The van der Waals surface area contributed by atoms with Gasteiger partial charge in [-0.2, -0.15) is 0 Å². The lowest BCUT2D eigenvalue weighted by Gasteiger charge is -2.09. The highest BCUT2D eigenvalue weighted by atomic mass is 16.7. The van der Waals surface area contributed by atoms with E-state index < -0.39 is 6.04 Å². The zero-order valence-electron chi connectivity index (χ0n) is 7.50. The molecule has 12 heavy (non-hydrogen) atoms. The molecule has 0 aromatic carbocycles. The van der Waals surface area contributed by atoms with Gasteiger partial charge in [-0.3, -0.25) is 9.63 Å². The standard InChI is InChI=1S/C7H16N2O3/c1-3-6(8)7(10)9-12-5-4-11-2/h6H,3-5,8H2,1-2H3,(H,9,10). The van der Waals surface area contributed by atoms with Gasteiger partial charge in [-0.05, 0) is 6.42 Å². The Morgan fingerprint density at radius 2 is 2.25 bits per heavy atom. The van der Waals surface area contributed by atoms with Gasteiger partial charge in [-0.15, -0.1) is 0 Å². The summed E-state index contributed by atoms with van der Waals surface area (Å²) in [6, 6.07) is -0.493. The molecule has 0 saturated heterocycles. The van der Waals surface area contributed by atoms with Gasteiger partial charge in [-0.1, -0.05) is 6.92 Å². The molecule has 0 aromatic rings. The topological polar surface area (TPSA) is 73.6 Å². The number of methoxy groups -OCH3 is 1. The minimum atomic E-state index is -0.493. The van der Waals surface area contributed by atoms with Crippen LogP contribution >= 0.6 is 0 Å². The molecule has 1 atom stereocenters. The van der Waals surface area contributed by atoms with Crippen LogP contribution in [0.4, 0.5) is 0 Å². The summed E-state index contributed by atoms with van der Waals surface area (Å²) >= 11 is 0. The lowest BCUT2D eigenvalue weighted by molar-refractivity contribution is -0.135. The second-order valence-corrected chi connectivity index (χ2v) is 2.32. The quantitative estimate of drug-likeness (QED) is 0.419. The molecule has 0 rings (SSSR count). The van der Waals surface area contributed by atoms with Crippen LogP contribution in [0, 0.1) is 0 Å². The van der Waals surface area contributed by atoms with E-state index in [9.17, 15) is 4.79 Å². The van der Waals surface area contributed by atoms with Crippen LogP contribution in [0.3, 0.4) is 0 Å². The molecule has 0 saturated carbocycles. The van der Waals surface area contributed by atoms with Crippen molar-refractivity contribution >= 4 is 5.91 Å². The fraction of sp³-hybridized carbons (Fsp3) is 0.857. The maximum Gasteiger partial charge on any atom is 0.260 e. The smallest absolute Gasteiger partial charge is 0.260 e. The molecule has 5 heteroatoms. The van der Waals surface area contributed by atoms with Crippen molar-refractivity contribution in [3.63, 3.8) is 0 Å². The van der Waals surface area contributed by atoms with Crippen molar-refractivity contribution in [1.29, 1.82) is 0 Å². The molecule has 1 amide bonds. The lowest BCUT2D eigenvalue weighted by Crippen LogP contribution is -2.40. The molecule has 0 bridgehead atoms. The Hall–Kier alpha value is -0.650. The van der Waals surface area contributed by atoms with E-state index in [1.807, 2.05) is 6.92 Å². The van der Waals surface area contributed by atoms with Gasteiger partial charge in [0, 0.05) is 7.11 Å². The maximum absolute atomic E-state index is 10.9. The average Bonchev–Trinajstić information content (AvgIpc) is 2.10. The molecular formula is C7H16N2O3. The van der Waals surface area contributed by atoms with Crippen LogP contribution < -0.4 is 11.2 Å². The van der Waals surface area contributed by atoms with Gasteiger partial charge in [0.2, 0.25) is 0 Å². The Bertz CT molecular complexity index is 130. The molecule has 0 aliphatic rings. The normalized spacial score (nSPS) is 12.6. The summed E-state index contributed by atoms with van der Waals surface area (Å²) in [5, 5.41) is 0. The molecular weight excluding hydrogens is 160 g/mol. The second-order valence-electron chi connectivity index (χ2n) is 2.32. The Labute approximate surface area is 72.2 Å². The van der Waals surface area contributed by atoms with E-state index in [2.05, 4.69) is 5.48 Å². The third-order valence-corrected chi connectivity index (χ3v) is 1.34. The van der Waals surface area contributed by atoms with Crippen LogP contribution in [0.2, 0.25) is 0 Å². The number of hydroxylamine groups is 1. The monoisotopic (exact) mass is 176 g/mol. The highest BCUT2D eigenvalue weighted by Crippen LogP contribution is 1.84. The Morgan fingerprint density at radius 3 is 2.75 bits per heavy atom. The van der Waals surface area contributed by atoms with Gasteiger partial charge in [0.1, 0.15) is 0 Å². The molecule has 3 N–H and O–H groups in total. The minimum Gasteiger partial charge on any atom is -0.382 e. The minimum absolute atomic E-state index is 0.298. The van der Waals surface area contributed by atoms with Crippen LogP contribution in [-0.4, -0.2) is 32.3 Å². The number of carbonyl (C=O) groups excluding carboxylic acids is 1. The summed E-state index contributed by atoms with van der Waals surface area (Å²) in [5.41, 5.74) is 7.63. The first kappa shape index (κ1) is 11.4. The van der Waals surface area contributed by atoms with Crippen molar-refractivity contribution in [2.75, 3.05) is 20.3 Å². The number of hydrogen-bond donors (Lipinski definition) is 2. The molecule has 5 nitrogen and oxygen atoms in total. The van der Waals surface area contributed by atoms with Crippen LogP contribution in [0.1, 0.15) is 13.3 Å². The Kier molecular flexibility index (Phi) is 6.64. The van der Waals surface area contributed by atoms with E-state index in [1.54, 1.807) is 7.11 Å².